The third-order valence-electron chi connectivity index (χ3n) is 2.15. The van der Waals surface area contributed by atoms with Gasteiger partial charge < -0.3 is 10.1 Å². The smallest absolute Gasteiger partial charge is 0.333 e. The summed E-state index contributed by atoms with van der Waals surface area (Å²) in [5.41, 5.74) is 0.419. The summed E-state index contributed by atoms with van der Waals surface area (Å²) in [7, 11) is 1.41. The van der Waals surface area contributed by atoms with Crippen LogP contribution in [0, 0.1) is 22.5 Å². The first-order valence-electron chi connectivity index (χ1n) is 5.27. The Morgan fingerprint density at radius 3 is 3.00 bits per heavy atom. The predicted molar refractivity (Wildman–Crippen MR) is 74.3 cm³/mol. The molecule has 0 atom stereocenters. The molecule has 0 saturated heterocycles. The fourth-order valence-electron chi connectivity index (χ4n) is 1.41. The number of nitro groups is 1. The zero-order valence-corrected chi connectivity index (χ0v) is 10.8. The molecule has 1 rings (SSSR count). The summed E-state index contributed by atoms with van der Waals surface area (Å²) in [5, 5.41) is 14.0. The second-order valence-electron chi connectivity index (χ2n) is 3.30. The van der Waals surface area contributed by atoms with Crippen LogP contribution in [0.25, 0.3) is 0 Å². The molecule has 0 saturated carbocycles. The maximum atomic E-state index is 11.0. The number of benzene rings is 1. The number of ether oxygens (including phenoxy) is 1. The average molecular weight is 266 g/mol. The van der Waals surface area contributed by atoms with E-state index >= 15 is 0 Å². The van der Waals surface area contributed by atoms with Crippen molar-refractivity contribution >= 4 is 23.1 Å². The Morgan fingerprint density at radius 1 is 1.61 bits per heavy atom. The summed E-state index contributed by atoms with van der Waals surface area (Å²) in [4.78, 5) is 10.5. The van der Waals surface area contributed by atoms with Crippen molar-refractivity contribution in [3.8, 4) is 18.1 Å². The molecule has 1 aromatic carbocycles. The van der Waals surface area contributed by atoms with Gasteiger partial charge in [0.15, 0.2) is 5.75 Å². The molecule has 0 unspecified atom stereocenters. The summed E-state index contributed by atoms with van der Waals surface area (Å²) >= 11 is 1.60. The van der Waals surface area contributed by atoms with Gasteiger partial charge in [-0.25, -0.2) is 0 Å². The number of para-hydroxylation sites is 1. The van der Waals surface area contributed by atoms with Gasteiger partial charge >= 0.3 is 5.69 Å². The molecule has 0 aliphatic carbocycles. The summed E-state index contributed by atoms with van der Waals surface area (Å²) in [6, 6.07) is 4.94. The molecule has 0 aliphatic heterocycles. The van der Waals surface area contributed by atoms with Gasteiger partial charge in [0.25, 0.3) is 0 Å². The maximum Gasteiger partial charge on any atom is 0.333 e. The monoisotopic (exact) mass is 266 g/mol. The van der Waals surface area contributed by atoms with Gasteiger partial charge in [0, 0.05) is 12.3 Å². The van der Waals surface area contributed by atoms with Crippen molar-refractivity contribution in [2.75, 3.05) is 30.5 Å². The SMILES string of the molecule is C#CCSCCNc1cccc(OC)c1[N+](=O)[O-]. The largest absolute Gasteiger partial charge is 0.490 e. The van der Waals surface area contributed by atoms with Crippen LogP contribution in [0.1, 0.15) is 0 Å². The number of methoxy groups -OCH3 is 1. The third-order valence-corrected chi connectivity index (χ3v) is 3.01. The van der Waals surface area contributed by atoms with Crippen molar-refractivity contribution in [1.82, 2.24) is 0 Å². The van der Waals surface area contributed by atoms with Gasteiger partial charge in [0.05, 0.1) is 17.8 Å². The van der Waals surface area contributed by atoms with E-state index < -0.39 is 4.92 Å². The lowest BCUT2D eigenvalue weighted by atomic mass is 10.2. The number of nitrogens with one attached hydrogen (secondary N) is 1. The predicted octanol–water partition coefficient (Wildman–Crippen LogP) is 2.38. The Kier molecular flexibility index (Phi) is 5.88. The second-order valence-corrected chi connectivity index (χ2v) is 4.40. The van der Waals surface area contributed by atoms with Crippen LogP contribution in [0.3, 0.4) is 0 Å². The molecule has 18 heavy (non-hydrogen) atoms. The highest BCUT2D eigenvalue weighted by molar-refractivity contribution is 7.99. The molecule has 0 radical (unpaired) electrons. The molecule has 1 aromatic rings. The zero-order chi connectivity index (χ0) is 13.4. The Balaban J connectivity index is 2.70. The van der Waals surface area contributed by atoms with Crippen molar-refractivity contribution in [3.05, 3.63) is 28.3 Å². The molecular weight excluding hydrogens is 252 g/mol. The number of nitro benzene ring substituents is 1. The highest BCUT2D eigenvalue weighted by Gasteiger charge is 2.19. The summed E-state index contributed by atoms with van der Waals surface area (Å²) in [6.07, 6.45) is 5.13. The molecular formula is C12H14N2O3S. The minimum Gasteiger partial charge on any atom is -0.490 e. The van der Waals surface area contributed by atoms with Gasteiger partial charge in [0.1, 0.15) is 5.69 Å². The van der Waals surface area contributed by atoms with Crippen LogP contribution in [0.5, 0.6) is 5.75 Å². The van der Waals surface area contributed by atoms with Gasteiger partial charge in [-0.05, 0) is 12.1 Å². The van der Waals surface area contributed by atoms with E-state index in [-0.39, 0.29) is 11.4 Å². The lowest BCUT2D eigenvalue weighted by Crippen LogP contribution is -2.07. The third kappa shape index (κ3) is 3.86. The Hall–Kier alpha value is -1.87. The fraction of sp³-hybridized carbons (Fsp3) is 0.333. The van der Waals surface area contributed by atoms with Crippen LogP contribution >= 0.6 is 11.8 Å². The number of terminal acetylenes is 1. The standard InChI is InChI=1S/C12H14N2O3S/c1-3-8-18-9-7-13-10-5-4-6-11(17-2)12(10)14(15)16/h1,4-6,13H,7-9H2,2H3. The molecule has 0 aliphatic rings. The first kappa shape index (κ1) is 14.2. The summed E-state index contributed by atoms with van der Waals surface area (Å²) in [6.45, 7) is 0.611. The van der Waals surface area contributed by atoms with Crippen LogP contribution in [-0.4, -0.2) is 30.1 Å². The fourth-order valence-corrected chi connectivity index (χ4v) is 1.92. The normalized spacial score (nSPS) is 9.56. The van der Waals surface area contributed by atoms with Gasteiger partial charge in [-0.1, -0.05) is 12.0 Å². The summed E-state index contributed by atoms with van der Waals surface area (Å²) < 4.78 is 4.98. The van der Waals surface area contributed by atoms with Crippen LogP contribution in [0.2, 0.25) is 0 Å². The van der Waals surface area contributed by atoms with Crippen molar-refractivity contribution in [2.45, 2.75) is 0 Å². The summed E-state index contributed by atoms with van der Waals surface area (Å²) in [5.74, 6) is 4.20. The van der Waals surface area contributed by atoms with E-state index in [0.29, 0.717) is 18.0 Å². The molecule has 5 nitrogen and oxygen atoms in total. The van der Waals surface area contributed by atoms with Crippen LogP contribution < -0.4 is 10.1 Å². The Labute approximate surface area is 110 Å². The van der Waals surface area contributed by atoms with E-state index in [1.54, 1.807) is 30.0 Å². The lowest BCUT2D eigenvalue weighted by molar-refractivity contribution is -0.384. The minimum absolute atomic E-state index is 0.0399. The van der Waals surface area contributed by atoms with Crippen LogP contribution in [0.4, 0.5) is 11.4 Å². The molecule has 0 bridgehead atoms. The van der Waals surface area contributed by atoms with E-state index in [1.165, 1.54) is 7.11 Å². The highest BCUT2D eigenvalue weighted by Crippen LogP contribution is 2.34. The van der Waals surface area contributed by atoms with E-state index in [1.807, 2.05) is 0 Å². The van der Waals surface area contributed by atoms with Crippen molar-refractivity contribution < 1.29 is 9.66 Å². The van der Waals surface area contributed by atoms with E-state index in [2.05, 4.69) is 11.2 Å². The van der Waals surface area contributed by atoms with Crippen LogP contribution in [-0.2, 0) is 0 Å². The lowest BCUT2D eigenvalue weighted by Gasteiger charge is -2.08. The molecule has 1 N–H and O–H groups in total. The molecule has 0 aromatic heterocycles. The quantitative estimate of drug-likeness (QED) is 0.355. The number of hydrogen-bond donors (Lipinski definition) is 1. The maximum absolute atomic E-state index is 11.0. The first-order valence-corrected chi connectivity index (χ1v) is 6.42. The number of anilines is 1. The molecule has 0 amide bonds. The average Bonchev–Trinajstić information content (AvgIpc) is 2.37. The minimum atomic E-state index is -0.449. The van der Waals surface area contributed by atoms with Gasteiger partial charge in [-0.2, -0.15) is 0 Å². The van der Waals surface area contributed by atoms with E-state index in [4.69, 9.17) is 11.2 Å². The first-order chi connectivity index (χ1) is 8.70. The number of thioether (sulfide) groups is 1. The number of nitrogens with zero attached hydrogens (tertiary/aromatic N) is 1. The number of hydrogen-bond acceptors (Lipinski definition) is 5. The topological polar surface area (TPSA) is 64.4 Å². The molecule has 6 heteroatoms. The molecule has 0 heterocycles. The Bertz CT molecular complexity index is 457. The second kappa shape index (κ2) is 7.45. The zero-order valence-electron chi connectivity index (χ0n) is 10.0. The molecule has 0 spiro atoms. The Morgan fingerprint density at radius 2 is 2.39 bits per heavy atom. The van der Waals surface area contributed by atoms with Crippen molar-refractivity contribution in [3.63, 3.8) is 0 Å². The molecule has 0 fully saturated rings. The highest BCUT2D eigenvalue weighted by atomic mass is 32.2. The van der Waals surface area contributed by atoms with Gasteiger partial charge in [-0.15, -0.1) is 18.2 Å². The van der Waals surface area contributed by atoms with Gasteiger partial charge in [0.2, 0.25) is 0 Å². The van der Waals surface area contributed by atoms with Crippen molar-refractivity contribution in [2.24, 2.45) is 0 Å². The van der Waals surface area contributed by atoms with E-state index in [9.17, 15) is 10.1 Å². The van der Waals surface area contributed by atoms with Gasteiger partial charge in [-0.3, -0.25) is 10.1 Å². The number of rotatable bonds is 7. The van der Waals surface area contributed by atoms with Crippen LogP contribution in [0.15, 0.2) is 18.2 Å². The molecule has 96 valence electrons. The van der Waals surface area contributed by atoms with E-state index in [0.717, 1.165) is 5.75 Å². The van der Waals surface area contributed by atoms with Crippen molar-refractivity contribution in [1.29, 1.82) is 0 Å².